The Kier molecular flexibility index (Phi) is 3.29. The average molecular weight is 269 g/mol. The van der Waals surface area contributed by atoms with E-state index in [0.29, 0.717) is 23.4 Å². The van der Waals surface area contributed by atoms with E-state index in [1.165, 1.54) is 12.8 Å². The van der Waals surface area contributed by atoms with Crippen LogP contribution in [0, 0.1) is 42.9 Å². The third-order valence-corrected chi connectivity index (χ3v) is 4.80. The summed E-state index contributed by atoms with van der Waals surface area (Å²) in [6.45, 7) is 3.67. The van der Waals surface area contributed by atoms with Crippen molar-refractivity contribution in [3.05, 3.63) is 23.3 Å². The number of rotatable bonds is 3. The molecule has 0 unspecified atom stereocenters. The number of Topliss-reactive ketones (excluding diaryl/α,β-unsaturated/α-hetero) is 1. The Morgan fingerprint density at radius 2 is 2.15 bits per heavy atom. The molecule has 4 atom stereocenters. The molecule has 2 bridgehead atoms. The molecule has 0 aromatic carbocycles. The highest BCUT2D eigenvalue weighted by Crippen LogP contribution is 2.49. The maximum Gasteiger partial charge on any atom is 0.159 e. The first-order chi connectivity index (χ1) is 9.58. The number of aryl methyl sites for hydroxylation is 2. The fraction of sp³-hybridized carbons (Fsp3) is 0.625. The Labute approximate surface area is 119 Å². The first-order valence-corrected chi connectivity index (χ1v) is 7.34. The van der Waals surface area contributed by atoms with Gasteiger partial charge in [-0.25, -0.2) is 9.97 Å². The number of aromatic nitrogens is 2. The van der Waals surface area contributed by atoms with Crippen LogP contribution >= 0.6 is 0 Å². The number of carbonyl (C=O) groups is 1. The van der Waals surface area contributed by atoms with E-state index in [9.17, 15) is 10.1 Å². The van der Waals surface area contributed by atoms with Gasteiger partial charge in [-0.15, -0.1) is 0 Å². The minimum absolute atomic E-state index is 0.0778. The SMILES string of the molecule is Cc1cc([C@H](C#N)C(=O)[C@@H]2C[C@H]3CC[C@H]2C3)nc(C)n1. The fourth-order valence-corrected chi connectivity index (χ4v) is 3.98. The van der Waals surface area contributed by atoms with Crippen LogP contribution < -0.4 is 0 Å². The van der Waals surface area contributed by atoms with Gasteiger partial charge < -0.3 is 0 Å². The second kappa shape index (κ2) is 4.97. The standard InChI is InChI=1S/C16H19N3O/c1-9-5-15(19-10(2)18-9)14(8-17)16(20)13-7-11-3-4-12(13)6-11/h5,11-14H,3-4,6-7H2,1-2H3/t11-,12-,13+,14-/m0/s1. The maximum absolute atomic E-state index is 12.7. The lowest BCUT2D eigenvalue weighted by Crippen LogP contribution is -2.26. The van der Waals surface area contributed by atoms with Crippen molar-refractivity contribution in [2.24, 2.45) is 17.8 Å². The molecule has 2 saturated carbocycles. The van der Waals surface area contributed by atoms with Crippen LogP contribution in [0.1, 0.15) is 48.8 Å². The normalized spacial score (nSPS) is 29.1. The van der Waals surface area contributed by atoms with E-state index in [0.717, 1.165) is 18.5 Å². The smallest absolute Gasteiger partial charge is 0.159 e. The maximum atomic E-state index is 12.7. The molecule has 1 heterocycles. The van der Waals surface area contributed by atoms with E-state index in [4.69, 9.17) is 0 Å². The summed E-state index contributed by atoms with van der Waals surface area (Å²) in [6.07, 6.45) is 4.57. The molecule has 0 saturated heterocycles. The van der Waals surface area contributed by atoms with E-state index in [2.05, 4.69) is 16.0 Å². The van der Waals surface area contributed by atoms with E-state index in [1.807, 2.05) is 6.92 Å². The van der Waals surface area contributed by atoms with Gasteiger partial charge in [-0.1, -0.05) is 6.42 Å². The van der Waals surface area contributed by atoms with Crippen LogP contribution in [0.15, 0.2) is 6.07 Å². The van der Waals surface area contributed by atoms with Crippen LogP contribution in [0.5, 0.6) is 0 Å². The van der Waals surface area contributed by atoms with Crippen molar-refractivity contribution < 1.29 is 4.79 Å². The third-order valence-electron chi connectivity index (χ3n) is 4.80. The van der Waals surface area contributed by atoms with Crippen LogP contribution in [0.2, 0.25) is 0 Å². The molecule has 2 fully saturated rings. The second-order valence-corrected chi connectivity index (χ2v) is 6.23. The summed E-state index contributed by atoms with van der Waals surface area (Å²) in [7, 11) is 0. The molecule has 4 nitrogen and oxygen atoms in total. The minimum atomic E-state index is -0.722. The summed E-state index contributed by atoms with van der Waals surface area (Å²) in [5, 5.41) is 9.43. The Hall–Kier alpha value is -1.76. The lowest BCUT2D eigenvalue weighted by atomic mass is 9.80. The Bertz CT molecular complexity index is 570. The van der Waals surface area contributed by atoms with Crippen LogP contribution in [0.4, 0.5) is 0 Å². The van der Waals surface area contributed by atoms with E-state index < -0.39 is 5.92 Å². The molecule has 0 amide bonds. The lowest BCUT2D eigenvalue weighted by molar-refractivity contribution is -0.124. The predicted octanol–water partition coefficient (Wildman–Crippen LogP) is 2.71. The highest BCUT2D eigenvalue weighted by Gasteiger charge is 2.45. The Morgan fingerprint density at radius 1 is 1.35 bits per heavy atom. The summed E-state index contributed by atoms with van der Waals surface area (Å²) in [4.78, 5) is 21.2. The van der Waals surface area contributed by atoms with Gasteiger partial charge in [-0.3, -0.25) is 4.79 Å². The molecule has 20 heavy (non-hydrogen) atoms. The van der Waals surface area contributed by atoms with Crippen molar-refractivity contribution in [2.75, 3.05) is 0 Å². The van der Waals surface area contributed by atoms with Crippen molar-refractivity contribution in [1.29, 1.82) is 5.26 Å². The largest absolute Gasteiger partial charge is 0.297 e. The van der Waals surface area contributed by atoms with Crippen molar-refractivity contribution in [1.82, 2.24) is 9.97 Å². The number of nitrogens with zero attached hydrogens (tertiary/aromatic N) is 3. The number of hydrogen-bond acceptors (Lipinski definition) is 4. The number of hydrogen-bond donors (Lipinski definition) is 0. The minimum Gasteiger partial charge on any atom is -0.297 e. The zero-order valence-corrected chi connectivity index (χ0v) is 12.0. The summed E-state index contributed by atoms with van der Waals surface area (Å²) in [6, 6.07) is 3.94. The molecule has 2 aliphatic rings. The molecule has 1 aromatic rings. The van der Waals surface area contributed by atoms with Gasteiger partial charge in [0.15, 0.2) is 5.78 Å². The highest BCUT2D eigenvalue weighted by atomic mass is 16.1. The van der Waals surface area contributed by atoms with Gasteiger partial charge in [0, 0.05) is 11.6 Å². The van der Waals surface area contributed by atoms with Crippen molar-refractivity contribution in [3.63, 3.8) is 0 Å². The van der Waals surface area contributed by atoms with Gasteiger partial charge in [-0.2, -0.15) is 5.26 Å². The van der Waals surface area contributed by atoms with Gasteiger partial charge in [0.1, 0.15) is 11.7 Å². The summed E-state index contributed by atoms with van der Waals surface area (Å²) in [5.41, 5.74) is 1.39. The van der Waals surface area contributed by atoms with Gasteiger partial charge in [0.25, 0.3) is 0 Å². The molecule has 0 radical (unpaired) electrons. The van der Waals surface area contributed by atoms with Crippen molar-refractivity contribution in [2.45, 2.75) is 45.4 Å². The summed E-state index contributed by atoms with van der Waals surface area (Å²) < 4.78 is 0. The van der Waals surface area contributed by atoms with Gasteiger partial charge in [0.05, 0.1) is 11.8 Å². The molecular formula is C16H19N3O. The third kappa shape index (κ3) is 2.22. The van der Waals surface area contributed by atoms with Gasteiger partial charge >= 0.3 is 0 Å². The molecule has 0 spiro atoms. The van der Waals surface area contributed by atoms with E-state index in [-0.39, 0.29) is 11.7 Å². The quantitative estimate of drug-likeness (QED) is 0.846. The monoisotopic (exact) mass is 269 g/mol. The van der Waals surface area contributed by atoms with Crippen LogP contribution in [0.3, 0.4) is 0 Å². The molecular weight excluding hydrogens is 250 g/mol. The Morgan fingerprint density at radius 3 is 2.70 bits per heavy atom. The Balaban J connectivity index is 1.86. The molecule has 4 heteroatoms. The van der Waals surface area contributed by atoms with Crippen molar-refractivity contribution in [3.8, 4) is 6.07 Å². The molecule has 0 aliphatic heterocycles. The van der Waals surface area contributed by atoms with Gasteiger partial charge in [0.2, 0.25) is 0 Å². The number of carbonyl (C=O) groups excluding carboxylic acids is 1. The highest BCUT2D eigenvalue weighted by molar-refractivity contribution is 5.90. The van der Waals surface area contributed by atoms with E-state index >= 15 is 0 Å². The first-order valence-electron chi connectivity index (χ1n) is 7.34. The van der Waals surface area contributed by atoms with Crippen LogP contribution in [-0.4, -0.2) is 15.8 Å². The zero-order chi connectivity index (χ0) is 14.3. The topological polar surface area (TPSA) is 66.6 Å². The number of nitriles is 1. The summed E-state index contributed by atoms with van der Waals surface area (Å²) in [5.74, 6) is 1.28. The zero-order valence-electron chi connectivity index (χ0n) is 12.0. The van der Waals surface area contributed by atoms with Crippen LogP contribution in [0.25, 0.3) is 0 Å². The molecule has 2 aliphatic carbocycles. The summed E-state index contributed by atoms with van der Waals surface area (Å²) >= 11 is 0. The lowest BCUT2D eigenvalue weighted by Gasteiger charge is -2.22. The molecule has 1 aromatic heterocycles. The first kappa shape index (κ1) is 13.2. The van der Waals surface area contributed by atoms with E-state index in [1.54, 1.807) is 13.0 Å². The molecule has 3 rings (SSSR count). The van der Waals surface area contributed by atoms with Gasteiger partial charge in [-0.05, 0) is 51.0 Å². The van der Waals surface area contributed by atoms with Crippen molar-refractivity contribution >= 4 is 5.78 Å². The molecule has 0 N–H and O–H groups in total. The number of ketones is 1. The fourth-order valence-electron chi connectivity index (χ4n) is 3.98. The van der Waals surface area contributed by atoms with Crippen LogP contribution in [-0.2, 0) is 4.79 Å². The average Bonchev–Trinajstić information content (AvgIpc) is 3.00. The predicted molar refractivity (Wildman–Crippen MR) is 73.8 cm³/mol. The molecule has 104 valence electrons. The second-order valence-electron chi connectivity index (χ2n) is 6.23. The number of fused-ring (bicyclic) bond motifs is 2.